The molecule has 0 heterocycles. The molecule has 3 nitrogen and oxygen atoms in total. The summed E-state index contributed by atoms with van der Waals surface area (Å²) in [6.07, 6.45) is 0.152. The Balaban J connectivity index is 2.51. The van der Waals surface area contributed by atoms with E-state index in [-0.39, 0.29) is 6.04 Å². The lowest BCUT2D eigenvalue weighted by Crippen LogP contribution is -2.24. The molecular formula is C10H13NO2. The van der Waals surface area contributed by atoms with Crippen LogP contribution >= 0.6 is 0 Å². The number of aliphatic hydroxyl groups is 1. The third-order valence-electron chi connectivity index (χ3n) is 2.53. The number of rotatable bonds is 1. The van der Waals surface area contributed by atoms with Gasteiger partial charge in [-0.1, -0.05) is 12.1 Å². The van der Waals surface area contributed by atoms with E-state index in [9.17, 15) is 5.11 Å². The topological polar surface area (TPSA) is 55.5 Å². The molecular weight excluding hydrogens is 166 g/mol. The average molecular weight is 179 g/mol. The zero-order valence-electron chi connectivity index (χ0n) is 7.53. The Morgan fingerprint density at radius 1 is 1.54 bits per heavy atom. The van der Waals surface area contributed by atoms with Gasteiger partial charge in [-0.25, -0.2) is 0 Å². The summed E-state index contributed by atoms with van der Waals surface area (Å²) >= 11 is 0. The van der Waals surface area contributed by atoms with E-state index >= 15 is 0 Å². The van der Waals surface area contributed by atoms with E-state index in [1.165, 1.54) is 0 Å². The fourth-order valence-electron chi connectivity index (χ4n) is 1.86. The Bertz CT molecular complexity index is 325. The van der Waals surface area contributed by atoms with E-state index in [1.807, 2.05) is 18.2 Å². The van der Waals surface area contributed by atoms with Gasteiger partial charge in [0.15, 0.2) is 0 Å². The monoisotopic (exact) mass is 179 g/mol. The molecule has 2 rings (SSSR count). The molecule has 70 valence electrons. The van der Waals surface area contributed by atoms with E-state index in [0.717, 1.165) is 23.3 Å². The van der Waals surface area contributed by atoms with Crippen LogP contribution < -0.4 is 10.5 Å². The van der Waals surface area contributed by atoms with Crippen molar-refractivity contribution in [3.8, 4) is 5.75 Å². The first-order valence-electron chi connectivity index (χ1n) is 4.33. The standard InChI is InChI=1S/C10H13NO2/c1-13-8-4-2-3-6-5-7(11)10(12)9(6)8/h2-4,7,10,12H,5,11H2,1H3/t7-,10+/m1/s1. The van der Waals surface area contributed by atoms with E-state index in [4.69, 9.17) is 10.5 Å². The zero-order valence-corrected chi connectivity index (χ0v) is 7.53. The third-order valence-corrected chi connectivity index (χ3v) is 2.53. The van der Waals surface area contributed by atoms with Crippen LogP contribution in [0.15, 0.2) is 18.2 Å². The molecule has 1 aromatic carbocycles. The Hall–Kier alpha value is -1.06. The summed E-state index contributed by atoms with van der Waals surface area (Å²) in [6, 6.07) is 5.56. The molecule has 3 N–H and O–H groups in total. The molecule has 13 heavy (non-hydrogen) atoms. The Morgan fingerprint density at radius 3 is 3.00 bits per heavy atom. The van der Waals surface area contributed by atoms with Gasteiger partial charge in [-0.2, -0.15) is 0 Å². The maximum Gasteiger partial charge on any atom is 0.124 e. The SMILES string of the molecule is COc1cccc2c1[C@@H](O)[C@H](N)C2. The number of fused-ring (bicyclic) bond motifs is 1. The quantitative estimate of drug-likeness (QED) is 0.664. The summed E-state index contributed by atoms with van der Waals surface area (Å²) in [5.74, 6) is 0.734. The molecule has 0 aromatic heterocycles. The van der Waals surface area contributed by atoms with Gasteiger partial charge in [-0.05, 0) is 18.1 Å². The minimum absolute atomic E-state index is 0.189. The number of hydrogen-bond acceptors (Lipinski definition) is 3. The molecule has 3 heteroatoms. The molecule has 0 saturated heterocycles. The molecule has 0 radical (unpaired) electrons. The van der Waals surface area contributed by atoms with Crippen molar-refractivity contribution in [3.63, 3.8) is 0 Å². The number of benzene rings is 1. The van der Waals surface area contributed by atoms with Crippen molar-refractivity contribution in [3.05, 3.63) is 29.3 Å². The Labute approximate surface area is 77.1 Å². The van der Waals surface area contributed by atoms with Crippen LogP contribution in [-0.2, 0) is 6.42 Å². The maximum absolute atomic E-state index is 9.76. The molecule has 1 aliphatic carbocycles. The van der Waals surface area contributed by atoms with Crippen LogP contribution in [0.25, 0.3) is 0 Å². The lowest BCUT2D eigenvalue weighted by molar-refractivity contribution is 0.156. The molecule has 0 amide bonds. The fraction of sp³-hybridized carbons (Fsp3) is 0.400. The number of methoxy groups -OCH3 is 1. The smallest absolute Gasteiger partial charge is 0.124 e. The van der Waals surface area contributed by atoms with Gasteiger partial charge in [-0.3, -0.25) is 0 Å². The third kappa shape index (κ3) is 1.20. The molecule has 0 saturated carbocycles. The minimum Gasteiger partial charge on any atom is -0.496 e. The van der Waals surface area contributed by atoms with E-state index in [1.54, 1.807) is 7.11 Å². The normalized spacial score (nSPS) is 25.8. The first-order chi connectivity index (χ1) is 6.24. The first kappa shape index (κ1) is 8.53. The van der Waals surface area contributed by atoms with Crippen LogP contribution in [0.1, 0.15) is 17.2 Å². The first-order valence-corrected chi connectivity index (χ1v) is 4.33. The summed E-state index contributed by atoms with van der Waals surface area (Å²) in [4.78, 5) is 0. The molecule has 0 spiro atoms. The largest absolute Gasteiger partial charge is 0.496 e. The summed E-state index contributed by atoms with van der Waals surface area (Å²) in [7, 11) is 1.60. The summed E-state index contributed by atoms with van der Waals surface area (Å²) in [5.41, 5.74) is 7.70. The Kier molecular flexibility index (Phi) is 1.98. The van der Waals surface area contributed by atoms with Gasteiger partial charge < -0.3 is 15.6 Å². The van der Waals surface area contributed by atoms with Gasteiger partial charge in [-0.15, -0.1) is 0 Å². The number of nitrogens with two attached hydrogens (primary N) is 1. The van der Waals surface area contributed by atoms with Gasteiger partial charge in [0.1, 0.15) is 5.75 Å². The number of ether oxygens (including phenoxy) is 1. The molecule has 0 aliphatic heterocycles. The van der Waals surface area contributed by atoms with Gasteiger partial charge in [0, 0.05) is 11.6 Å². The highest BCUT2D eigenvalue weighted by Gasteiger charge is 2.30. The van der Waals surface area contributed by atoms with Gasteiger partial charge >= 0.3 is 0 Å². The van der Waals surface area contributed by atoms with Crippen LogP contribution in [0.4, 0.5) is 0 Å². The minimum atomic E-state index is -0.578. The van der Waals surface area contributed by atoms with Crippen molar-refractivity contribution in [1.29, 1.82) is 0 Å². The van der Waals surface area contributed by atoms with Crippen LogP contribution in [-0.4, -0.2) is 18.3 Å². The number of hydrogen-bond donors (Lipinski definition) is 2. The van der Waals surface area contributed by atoms with Crippen molar-refractivity contribution < 1.29 is 9.84 Å². The van der Waals surface area contributed by atoms with Crippen molar-refractivity contribution in [2.45, 2.75) is 18.6 Å². The predicted octanol–water partition coefficient (Wildman–Crippen LogP) is 0.612. The second kappa shape index (κ2) is 3.01. The highest BCUT2D eigenvalue weighted by molar-refractivity contribution is 5.46. The van der Waals surface area contributed by atoms with Crippen LogP contribution in [0, 0.1) is 0 Å². The van der Waals surface area contributed by atoms with Crippen molar-refractivity contribution in [2.24, 2.45) is 5.73 Å². The highest BCUT2D eigenvalue weighted by atomic mass is 16.5. The fourth-order valence-corrected chi connectivity index (χ4v) is 1.86. The van der Waals surface area contributed by atoms with Crippen molar-refractivity contribution >= 4 is 0 Å². The lowest BCUT2D eigenvalue weighted by Gasteiger charge is -2.11. The number of aliphatic hydroxyl groups excluding tert-OH is 1. The summed E-state index contributed by atoms with van der Waals surface area (Å²) in [5, 5.41) is 9.76. The van der Waals surface area contributed by atoms with E-state index in [0.29, 0.717) is 0 Å². The maximum atomic E-state index is 9.76. The lowest BCUT2D eigenvalue weighted by atomic mass is 10.1. The van der Waals surface area contributed by atoms with Crippen LogP contribution in [0.2, 0.25) is 0 Å². The molecule has 2 atom stereocenters. The van der Waals surface area contributed by atoms with E-state index in [2.05, 4.69) is 0 Å². The van der Waals surface area contributed by atoms with Crippen LogP contribution in [0.5, 0.6) is 5.75 Å². The van der Waals surface area contributed by atoms with Gasteiger partial charge in [0.05, 0.1) is 13.2 Å². The van der Waals surface area contributed by atoms with Gasteiger partial charge in [0.25, 0.3) is 0 Å². The molecule has 0 unspecified atom stereocenters. The molecule has 0 fully saturated rings. The Morgan fingerprint density at radius 2 is 2.31 bits per heavy atom. The van der Waals surface area contributed by atoms with Crippen molar-refractivity contribution in [2.75, 3.05) is 7.11 Å². The van der Waals surface area contributed by atoms with Gasteiger partial charge in [0.2, 0.25) is 0 Å². The zero-order chi connectivity index (χ0) is 9.42. The molecule has 1 aromatic rings. The average Bonchev–Trinajstić information content (AvgIpc) is 2.43. The summed E-state index contributed by atoms with van der Waals surface area (Å²) in [6.45, 7) is 0. The second-order valence-corrected chi connectivity index (χ2v) is 3.35. The summed E-state index contributed by atoms with van der Waals surface area (Å²) < 4.78 is 5.16. The second-order valence-electron chi connectivity index (χ2n) is 3.35. The van der Waals surface area contributed by atoms with E-state index < -0.39 is 6.10 Å². The van der Waals surface area contributed by atoms with Crippen LogP contribution in [0.3, 0.4) is 0 Å². The van der Waals surface area contributed by atoms with Crippen molar-refractivity contribution in [1.82, 2.24) is 0 Å². The molecule has 1 aliphatic rings. The predicted molar refractivity (Wildman–Crippen MR) is 49.6 cm³/mol. The molecule has 0 bridgehead atoms. The highest BCUT2D eigenvalue weighted by Crippen LogP contribution is 2.36.